The third-order valence-corrected chi connectivity index (χ3v) is 3.01. The molecule has 2 nitrogen and oxygen atoms in total. The number of amides is 1. The van der Waals surface area contributed by atoms with E-state index in [1.165, 1.54) is 0 Å². The molecule has 1 amide bonds. The molecule has 1 N–H and O–H groups in total. The second-order valence-corrected chi connectivity index (χ2v) is 9.70. The van der Waals surface area contributed by atoms with Gasteiger partial charge in [-0.2, -0.15) is 0 Å². The van der Waals surface area contributed by atoms with Crippen LogP contribution in [-0.4, -0.2) is 11.4 Å². The zero-order valence-corrected chi connectivity index (χ0v) is 18.8. The Morgan fingerprint density at radius 1 is 0.652 bits per heavy atom. The van der Waals surface area contributed by atoms with Crippen molar-refractivity contribution in [3.05, 3.63) is 0 Å². The van der Waals surface area contributed by atoms with Crippen LogP contribution in [0.2, 0.25) is 0 Å². The summed E-state index contributed by atoms with van der Waals surface area (Å²) in [6.07, 6.45) is 1.86. The molecule has 142 valence electrons. The predicted molar refractivity (Wildman–Crippen MR) is 107 cm³/mol. The minimum absolute atomic E-state index is 0.162. The second-order valence-electron chi connectivity index (χ2n) is 9.70. The van der Waals surface area contributed by atoms with Crippen molar-refractivity contribution in [3.63, 3.8) is 0 Å². The van der Waals surface area contributed by atoms with Gasteiger partial charge < -0.3 is 5.32 Å². The summed E-state index contributed by atoms with van der Waals surface area (Å²) >= 11 is 0. The Labute approximate surface area is 148 Å². The van der Waals surface area contributed by atoms with Crippen molar-refractivity contribution in [3.8, 4) is 0 Å². The lowest BCUT2D eigenvalue weighted by atomic mass is 9.74. The Kier molecular flexibility index (Phi) is 12.3. The van der Waals surface area contributed by atoms with E-state index in [9.17, 15) is 4.79 Å². The quantitative estimate of drug-likeness (QED) is 0.601. The van der Waals surface area contributed by atoms with Crippen LogP contribution in [0, 0.1) is 16.2 Å². The van der Waals surface area contributed by atoms with E-state index < -0.39 is 0 Å². The number of carbonyl (C=O) groups is 1. The van der Waals surface area contributed by atoms with Crippen LogP contribution in [-0.2, 0) is 4.79 Å². The lowest BCUT2D eigenvalue weighted by Gasteiger charge is -2.38. The maximum Gasteiger partial charge on any atom is 0.226 e. The third-order valence-electron chi connectivity index (χ3n) is 3.01. The van der Waals surface area contributed by atoms with Gasteiger partial charge in [-0.3, -0.25) is 4.79 Å². The summed E-state index contributed by atoms with van der Waals surface area (Å²) in [4.78, 5) is 12.5. The van der Waals surface area contributed by atoms with Crippen molar-refractivity contribution in [1.29, 1.82) is 0 Å². The van der Waals surface area contributed by atoms with Gasteiger partial charge in [-0.15, -0.1) is 0 Å². The second kappa shape index (κ2) is 10.4. The predicted octanol–water partition coefficient (Wildman–Crippen LogP) is 6.83. The number of hydrogen-bond acceptors (Lipinski definition) is 1. The molecule has 0 fully saturated rings. The van der Waals surface area contributed by atoms with Gasteiger partial charge in [0.05, 0.1) is 0 Å². The Morgan fingerprint density at radius 2 is 0.957 bits per heavy atom. The van der Waals surface area contributed by atoms with Gasteiger partial charge in [0.2, 0.25) is 5.91 Å². The lowest BCUT2D eigenvalue weighted by Crippen LogP contribution is -2.51. The molecule has 0 spiro atoms. The van der Waals surface area contributed by atoms with Crippen molar-refractivity contribution < 1.29 is 4.79 Å². The number of rotatable bonds is 4. The molecule has 23 heavy (non-hydrogen) atoms. The highest BCUT2D eigenvalue weighted by Gasteiger charge is 2.36. The smallest absolute Gasteiger partial charge is 0.226 e. The molecule has 0 aromatic heterocycles. The highest BCUT2D eigenvalue weighted by Crippen LogP contribution is 2.34. The molecule has 0 aromatic carbocycles. The van der Waals surface area contributed by atoms with Crippen LogP contribution in [0.15, 0.2) is 0 Å². The van der Waals surface area contributed by atoms with Crippen LogP contribution in [0.3, 0.4) is 0 Å². The van der Waals surface area contributed by atoms with Gasteiger partial charge in [0.15, 0.2) is 0 Å². The van der Waals surface area contributed by atoms with E-state index in [-0.39, 0.29) is 27.7 Å². The van der Waals surface area contributed by atoms with Gasteiger partial charge in [-0.1, -0.05) is 83.1 Å². The van der Waals surface area contributed by atoms with Gasteiger partial charge in [-0.05, 0) is 37.5 Å². The molecule has 0 aromatic rings. The van der Waals surface area contributed by atoms with Crippen LogP contribution >= 0.6 is 0 Å². The average molecular weight is 330 g/mol. The van der Waals surface area contributed by atoms with Gasteiger partial charge in [0, 0.05) is 11.0 Å². The molecule has 0 rings (SSSR count). The minimum Gasteiger partial charge on any atom is -0.351 e. The summed E-state index contributed by atoms with van der Waals surface area (Å²) in [5, 5.41) is 3.24. The van der Waals surface area contributed by atoms with Gasteiger partial charge in [0.25, 0.3) is 0 Å². The summed E-state index contributed by atoms with van der Waals surface area (Å²) in [6, 6.07) is 0. The molecule has 0 aliphatic heterocycles. The first-order valence-electron chi connectivity index (χ1n) is 9.37. The molecule has 0 atom stereocenters. The normalized spacial score (nSPS) is 12.4. The zero-order valence-electron chi connectivity index (χ0n) is 18.8. The summed E-state index contributed by atoms with van der Waals surface area (Å²) in [6.45, 7) is 29.5. The first-order valence-corrected chi connectivity index (χ1v) is 9.37. The van der Waals surface area contributed by atoms with Crippen molar-refractivity contribution >= 4 is 5.91 Å². The van der Waals surface area contributed by atoms with Crippen LogP contribution in [0.25, 0.3) is 0 Å². The Bertz CT molecular complexity index is 314. The van der Waals surface area contributed by atoms with Gasteiger partial charge >= 0.3 is 0 Å². The highest BCUT2D eigenvalue weighted by atomic mass is 16.2. The van der Waals surface area contributed by atoms with Gasteiger partial charge in [0.1, 0.15) is 0 Å². The Morgan fingerprint density at radius 3 is 1.22 bits per heavy atom. The van der Waals surface area contributed by atoms with Crippen LogP contribution in [0.1, 0.15) is 110 Å². The number of nitrogens with one attached hydrogen (secondary N) is 1. The molecule has 0 bridgehead atoms. The number of carbonyl (C=O) groups excluding carboxylic acids is 1. The molecule has 0 aliphatic carbocycles. The van der Waals surface area contributed by atoms with E-state index in [0.29, 0.717) is 0 Å². The molecule has 2 heteroatoms. The van der Waals surface area contributed by atoms with E-state index in [1.54, 1.807) is 0 Å². The third kappa shape index (κ3) is 16.1. The molecular formula is C21H47NO. The summed E-state index contributed by atoms with van der Waals surface area (Å²) in [5.74, 6) is 0.164. The number of hydrogen-bond donors (Lipinski definition) is 1. The maximum atomic E-state index is 12.5. The molecule has 0 radical (unpaired) electrons. The van der Waals surface area contributed by atoms with Crippen LogP contribution in [0.4, 0.5) is 0 Å². The van der Waals surface area contributed by atoms with Crippen molar-refractivity contribution in [2.75, 3.05) is 0 Å². The fourth-order valence-electron chi connectivity index (χ4n) is 3.25. The van der Waals surface area contributed by atoms with E-state index in [4.69, 9.17) is 0 Å². The summed E-state index contributed by atoms with van der Waals surface area (Å²) in [7, 11) is 0. The largest absolute Gasteiger partial charge is 0.351 e. The summed E-state index contributed by atoms with van der Waals surface area (Å²) < 4.78 is 0. The maximum absolute atomic E-state index is 12.5. The SMILES string of the molecule is CC.CC.CC(C)(C)CC(C)(C)NC(=O)C(C)(C)CC(C)(C)C. The monoisotopic (exact) mass is 329 g/mol. The topological polar surface area (TPSA) is 29.1 Å². The Hall–Kier alpha value is -0.530. The molecule has 0 heterocycles. The van der Waals surface area contributed by atoms with E-state index in [2.05, 4.69) is 60.7 Å². The van der Waals surface area contributed by atoms with E-state index in [0.717, 1.165) is 12.8 Å². The van der Waals surface area contributed by atoms with Gasteiger partial charge in [-0.25, -0.2) is 0 Å². The average Bonchev–Trinajstić information content (AvgIpc) is 2.27. The molecular weight excluding hydrogens is 282 g/mol. The first kappa shape index (κ1) is 27.3. The molecule has 0 saturated heterocycles. The lowest BCUT2D eigenvalue weighted by molar-refractivity contribution is -0.132. The fourth-order valence-corrected chi connectivity index (χ4v) is 3.25. The zero-order chi connectivity index (χ0) is 19.7. The standard InChI is InChI=1S/C17H35NO.2C2H6/c1-14(2,3)11-16(7,8)13(19)18-17(9,10)12-15(4,5)6;2*1-2/h11-12H2,1-10H3,(H,18,19);2*1-2H3. The molecule has 0 saturated carbocycles. The minimum atomic E-state index is -0.326. The Balaban J connectivity index is -0.000000919. The van der Waals surface area contributed by atoms with Crippen molar-refractivity contribution in [2.45, 2.75) is 115 Å². The first-order chi connectivity index (χ1) is 10.0. The van der Waals surface area contributed by atoms with Crippen LogP contribution < -0.4 is 5.32 Å². The summed E-state index contributed by atoms with van der Waals surface area (Å²) in [5.41, 5.74) is -0.113. The van der Waals surface area contributed by atoms with E-state index in [1.807, 2.05) is 41.5 Å². The molecule has 0 unspecified atom stereocenters. The molecule has 0 aliphatic rings. The highest BCUT2D eigenvalue weighted by molar-refractivity contribution is 5.82. The fraction of sp³-hybridized carbons (Fsp3) is 0.952. The van der Waals surface area contributed by atoms with Crippen molar-refractivity contribution in [1.82, 2.24) is 5.32 Å². The van der Waals surface area contributed by atoms with Crippen molar-refractivity contribution in [2.24, 2.45) is 16.2 Å². The van der Waals surface area contributed by atoms with Crippen LogP contribution in [0.5, 0.6) is 0 Å². The van der Waals surface area contributed by atoms with E-state index >= 15 is 0 Å².